The van der Waals surface area contributed by atoms with Crippen LogP contribution in [0.3, 0.4) is 0 Å². The summed E-state index contributed by atoms with van der Waals surface area (Å²) in [5.41, 5.74) is 1.59. The van der Waals surface area contributed by atoms with Crippen molar-refractivity contribution in [2.75, 3.05) is 7.11 Å². The van der Waals surface area contributed by atoms with E-state index in [0.29, 0.717) is 16.7 Å². The Morgan fingerprint density at radius 1 is 1.14 bits per heavy atom. The first kappa shape index (κ1) is 19.3. The van der Waals surface area contributed by atoms with E-state index in [1.807, 2.05) is 0 Å². The lowest BCUT2D eigenvalue weighted by atomic mass is 10.1. The molecule has 2 aromatic rings. The van der Waals surface area contributed by atoms with Crippen LogP contribution in [0.25, 0.3) is 6.08 Å². The highest BCUT2D eigenvalue weighted by Crippen LogP contribution is 2.33. The lowest BCUT2D eigenvalue weighted by Gasteiger charge is -2.12. The zero-order valence-corrected chi connectivity index (χ0v) is 15.5. The minimum Gasteiger partial charge on any atom is -0.465 e. The molecular formula is C19H14N2O6S. The van der Waals surface area contributed by atoms with Crippen molar-refractivity contribution in [1.82, 2.24) is 4.90 Å². The van der Waals surface area contributed by atoms with Gasteiger partial charge in [-0.25, -0.2) is 4.79 Å². The number of carbonyl (C=O) groups is 3. The van der Waals surface area contributed by atoms with Gasteiger partial charge in [0.25, 0.3) is 16.8 Å². The number of nitro benzene ring substituents is 1. The molecule has 1 heterocycles. The molecule has 1 fully saturated rings. The number of hydrogen-bond acceptors (Lipinski definition) is 7. The molecule has 0 spiro atoms. The van der Waals surface area contributed by atoms with Gasteiger partial charge in [0.05, 0.1) is 29.0 Å². The molecular weight excluding hydrogens is 384 g/mol. The molecule has 0 aromatic heterocycles. The second kappa shape index (κ2) is 8.05. The molecule has 0 radical (unpaired) electrons. The van der Waals surface area contributed by atoms with E-state index in [9.17, 15) is 24.5 Å². The molecule has 28 heavy (non-hydrogen) atoms. The molecule has 0 atom stereocenters. The van der Waals surface area contributed by atoms with Crippen LogP contribution in [-0.4, -0.2) is 34.0 Å². The van der Waals surface area contributed by atoms with Gasteiger partial charge in [0.2, 0.25) is 0 Å². The summed E-state index contributed by atoms with van der Waals surface area (Å²) in [5.74, 6) is -0.902. The molecule has 142 valence electrons. The number of nitrogens with zero attached hydrogens (tertiary/aromatic N) is 2. The number of rotatable bonds is 5. The Morgan fingerprint density at radius 2 is 1.79 bits per heavy atom. The van der Waals surface area contributed by atoms with Crippen LogP contribution in [0.1, 0.15) is 21.5 Å². The number of methoxy groups -OCH3 is 1. The number of non-ortho nitro benzene ring substituents is 1. The highest BCUT2D eigenvalue weighted by molar-refractivity contribution is 8.18. The zero-order valence-electron chi connectivity index (χ0n) is 14.7. The number of imide groups is 1. The molecule has 0 unspecified atom stereocenters. The Kier molecular flexibility index (Phi) is 5.55. The second-order valence-corrected chi connectivity index (χ2v) is 6.80. The second-order valence-electron chi connectivity index (χ2n) is 5.81. The van der Waals surface area contributed by atoms with E-state index in [0.717, 1.165) is 16.7 Å². The van der Waals surface area contributed by atoms with E-state index in [-0.39, 0.29) is 17.1 Å². The molecule has 2 amide bonds. The number of nitro groups is 1. The van der Waals surface area contributed by atoms with Gasteiger partial charge in [-0.1, -0.05) is 24.3 Å². The van der Waals surface area contributed by atoms with Crippen LogP contribution in [-0.2, 0) is 16.1 Å². The summed E-state index contributed by atoms with van der Waals surface area (Å²) < 4.78 is 4.63. The minimum absolute atomic E-state index is 0.0290. The molecule has 0 aliphatic carbocycles. The average molecular weight is 398 g/mol. The lowest BCUT2D eigenvalue weighted by Crippen LogP contribution is -2.27. The van der Waals surface area contributed by atoms with Gasteiger partial charge in [0.15, 0.2) is 0 Å². The first-order valence-electron chi connectivity index (χ1n) is 8.06. The quantitative estimate of drug-likeness (QED) is 0.328. The molecule has 0 bridgehead atoms. The van der Waals surface area contributed by atoms with Gasteiger partial charge in [0, 0.05) is 12.1 Å². The third-order valence-corrected chi connectivity index (χ3v) is 4.90. The monoisotopic (exact) mass is 398 g/mol. The fraction of sp³-hybridized carbons (Fsp3) is 0.105. The van der Waals surface area contributed by atoms with Crippen molar-refractivity contribution in [1.29, 1.82) is 0 Å². The van der Waals surface area contributed by atoms with E-state index in [1.165, 1.54) is 31.4 Å². The van der Waals surface area contributed by atoms with Crippen molar-refractivity contribution < 1.29 is 24.0 Å². The SMILES string of the molecule is COC(=O)c1ccc(C=C2SC(=O)N(Cc3ccc([N+](=O)[O-])cc3)C2=O)cc1. The van der Waals surface area contributed by atoms with E-state index >= 15 is 0 Å². The topological polar surface area (TPSA) is 107 Å². The van der Waals surface area contributed by atoms with Crippen molar-refractivity contribution >= 4 is 40.6 Å². The van der Waals surface area contributed by atoms with Crippen molar-refractivity contribution in [2.45, 2.75) is 6.54 Å². The first-order chi connectivity index (χ1) is 13.4. The Balaban J connectivity index is 1.74. The maximum atomic E-state index is 12.6. The first-order valence-corrected chi connectivity index (χ1v) is 8.88. The molecule has 0 saturated carbocycles. The third-order valence-electron chi connectivity index (χ3n) is 3.99. The zero-order chi connectivity index (χ0) is 20.3. The predicted molar refractivity (Wildman–Crippen MR) is 102 cm³/mol. The summed E-state index contributed by atoms with van der Waals surface area (Å²) in [6.07, 6.45) is 1.57. The highest BCUT2D eigenvalue weighted by Gasteiger charge is 2.35. The van der Waals surface area contributed by atoms with Crippen LogP contribution in [0.15, 0.2) is 53.4 Å². The van der Waals surface area contributed by atoms with Gasteiger partial charge in [-0.15, -0.1) is 0 Å². The maximum Gasteiger partial charge on any atom is 0.337 e. The van der Waals surface area contributed by atoms with Gasteiger partial charge < -0.3 is 4.74 Å². The Hall–Kier alpha value is -3.46. The maximum absolute atomic E-state index is 12.6. The average Bonchev–Trinajstić information content (AvgIpc) is 2.95. The summed E-state index contributed by atoms with van der Waals surface area (Å²) in [6.45, 7) is 0.0290. The van der Waals surface area contributed by atoms with E-state index in [2.05, 4.69) is 4.74 Å². The summed E-state index contributed by atoms with van der Waals surface area (Å²) in [6, 6.07) is 12.1. The largest absolute Gasteiger partial charge is 0.465 e. The Labute approximate surface area is 163 Å². The smallest absolute Gasteiger partial charge is 0.337 e. The number of ether oxygens (including phenoxy) is 1. The highest BCUT2D eigenvalue weighted by atomic mass is 32.2. The molecule has 9 heteroatoms. The fourth-order valence-electron chi connectivity index (χ4n) is 2.53. The minimum atomic E-state index is -0.516. The number of benzene rings is 2. The molecule has 1 saturated heterocycles. The Morgan fingerprint density at radius 3 is 2.36 bits per heavy atom. The van der Waals surface area contributed by atoms with Gasteiger partial charge in [-0.3, -0.25) is 24.6 Å². The molecule has 1 aliphatic heterocycles. The van der Waals surface area contributed by atoms with Gasteiger partial charge in [0.1, 0.15) is 0 Å². The fourth-order valence-corrected chi connectivity index (χ4v) is 3.36. The summed E-state index contributed by atoms with van der Waals surface area (Å²) in [4.78, 5) is 47.7. The van der Waals surface area contributed by atoms with E-state index < -0.39 is 22.0 Å². The number of hydrogen-bond donors (Lipinski definition) is 0. The lowest BCUT2D eigenvalue weighted by molar-refractivity contribution is -0.384. The number of esters is 1. The van der Waals surface area contributed by atoms with Crippen LogP contribution in [0, 0.1) is 10.1 Å². The molecule has 1 aliphatic rings. The number of amides is 2. The summed E-state index contributed by atoms with van der Waals surface area (Å²) in [7, 11) is 1.29. The number of carbonyl (C=O) groups excluding carboxylic acids is 3. The third kappa shape index (κ3) is 4.09. The van der Waals surface area contributed by atoms with Gasteiger partial charge in [-0.2, -0.15) is 0 Å². The van der Waals surface area contributed by atoms with Crippen LogP contribution >= 0.6 is 11.8 Å². The van der Waals surface area contributed by atoms with Gasteiger partial charge >= 0.3 is 5.97 Å². The van der Waals surface area contributed by atoms with E-state index in [1.54, 1.807) is 30.3 Å². The Bertz CT molecular complexity index is 982. The van der Waals surface area contributed by atoms with Crippen LogP contribution in [0.2, 0.25) is 0 Å². The van der Waals surface area contributed by atoms with Gasteiger partial charge in [-0.05, 0) is 41.1 Å². The van der Waals surface area contributed by atoms with Crippen molar-refractivity contribution in [3.05, 3.63) is 80.2 Å². The standard InChI is InChI=1S/C19H14N2O6S/c1-27-18(23)14-6-2-12(3-7-14)10-16-17(22)20(19(24)28-16)11-13-4-8-15(9-5-13)21(25)26/h2-10H,11H2,1H3. The molecule has 3 rings (SSSR count). The number of thioether (sulfide) groups is 1. The van der Waals surface area contributed by atoms with Crippen molar-refractivity contribution in [3.63, 3.8) is 0 Å². The van der Waals surface area contributed by atoms with E-state index in [4.69, 9.17) is 0 Å². The van der Waals surface area contributed by atoms with Crippen molar-refractivity contribution in [2.24, 2.45) is 0 Å². The summed E-state index contributed by atoms with van der Waals surface area (Å²) in [5, 5.41) is 10.3. The molecule has 2 aromatic carbocycles. The van der Waals surface area contributed by atoms with Crippen LogP contribution in [0.5, 0.6) is 0 Å². The predicted octanol–water partition coefficient (Wildman–Crippen LogP) is 3.62. The summed E-state index contributed by atoms with van der Waals surface area (Å²) >= 11 is 0.818. The van der Waals surface area contributed by atoms with Crippen LogP contribution < -0.4 is 0 Å². The molecule has 0 N–H and O–H groups in total. The normalized spacial score (nSPS) is 15.2. The van der Waals surface area contributed by atoms with Crippen LogP contribution in [0.4, 0.5) is 10.5 Å². The molecule has 8 nitrogen and oxygen atoms in total. The van der Waals surface area contributed by atoms with Crippen molar-refractivity contribution in [3.8, 4) is 0 Å².